The summed E-state index contributed by atoms with van der Waals surface area (Å²) in [7, 11) is 0. The van der Waals surface area contributed by atoms with Gasteiger partial charge in [0, 0.05) is 17.1 Å². The minimum absolute atomic E-state index is 0.176. The molecule has 4 bridgehead atoms. The van der Waals surface area contributed by atoms with Crippen molar-refractivity contribution in [3.05, 3.63) is 22.8 Å². The van der Waals surface area contributed by atoms with Gasteiger partial charge >= 0.3 is 0 Å². The first-order valence-corrected chi connectivity index (χ1v) is 3.25. The molecule has 1 radical (unpaired) electrons. The lowest BCUT2D eigenvalue weighted by Crippen LogP contribution is -2.15. The average molecular weight is 131 g/mol. The van der Waals surface area contributed by atoms with Crippen LogP contribution in [0.4, 0.5) is 0 Å². The molecule has 4 rings (SSSR count). The van der Waals surface area contributed by atoms with E-state index in [2.05, 4.69) is 6.08 Å². The summed E-state index contributed by atoms with van der Waals surface area (Å²) in [6.45, 7) is 0. The molecule has 47 valence electrons. The van der Waals surface area contributed by atoms with Crippen molar-refractivity contribution in [2.45, 2.75) is 6.42 Å². The van der Waals surface area contributed by atoms with Crippen molar-refractivity contribution in [3.63, 3.8) is 0 Å². The Hall–Kier alpha value is -1.18. The lowest BCUT2D eigenvalue weighted by atomic mass is 9.85. The highest BCUT2D eigenvalue weighted by molar-refractivity contribution is 6.54. The number of hydrogen-bond donors (Lipinski definition) is 0. The topological polar surface area (TPSA) is 34.1 Å². The fourth-order valence-electron chi connectivity index (χ4n) is 1.86. The van der Waals surface area contributed by atoms with Crippen LogP contribution in [-0.2, 0) is 9.59 Å². The van der Waals surface area contributed by atoms with Gasteiger partial charge in [-0.3, -0.25) is 9.59 Å². The van der Waals surface area contributed by atoms with E-state index in [0.717, 1.165) is 17.6 Å². The van der Waals surface area contributed by atoms with Gasteiger partial charge in [-0.15, -0.1) is 0 Å². The molecule has 1 saturated carbocycles. The Labute approximate surface area is 57.2 Å². The Balaban J connectivity index is 2.38. The molecule has 2 heteroatoms. The Morgan fingerprint density at radius 1 is 1.30 bits per heavy atom. The second kappa shape index (κ2) is 1.03. The summed E-state index contributed by atoms with van der Waals surface area (Å²) in [5.41, 5.74) is 2.37. The average Bonchev–Trinajstić information content (AvgIpc) is 2.41. The molecule has 0 N–H and O–H groups in total. The number of hydrogen-bond acceptors (Lipinski definition) is 2. The van der Waals surface area contributed by atoms with Gasteiger partial charge in [-0.1, -0.05) is 0 Å². The molecule has 0 aliphatic heterocycles. The summed E-state index contributed by atoms with van der Waals surface area (Å²) in [6.07, 6.45) is 3.82. The van der Waals surface area contributed by atoms with Gasteiger partial charge in [0.2, 0.25) is 11.6 Å². The zero-order valence-electron chi connectivity index (χ0n) is 5.10. The summed E-state index contributed by atoms with van der Waals surface area (Å²) in [6, 6.07) is 0. The summed E-state index contributed by atoms with van der Waals surface area (Å²) in [4.78, 5) is 21.9. The number of rotatable bonds is 0. The van der Waals surface area contributed by atoms with Crippen LogP contribution >= 0.6 is 0 Å². The summed E-state index contributed by atoms with van der Waals surface area (Å²) >= 11 is 0. The van der Waals surface area contributed by atoms with Crippen LogP contribution in [0, 0.1) is 12.0 Å². The molecule has 10 heavy (non-hydrogen) atoms. The van der Waals surface area contributed by atoms with Gasteiger partial charge in [0.1, 0.15) is 0 Å². The molecular formula is C8H3O2. The van der Waals surface area contributed by atoms with Gasteiger partial charge in [0.05, 0.1) is 0 Å². The maximum atomic E-state index is 10.9. The van der Waals surface area contributed by atoms with Crippen LogP contribution in [0.15, 0.2) is 16.7 Å². The predicted molar refractivity (Wildman–Crippen MR) is 31.9 cm³/mol. The highest BCUT2D eigenvalue weighted by atomic mass is 16.2. The van der Waals surface area contributed by atoms with Gasteiger partial charge in [0.25, 0.3) is 0 Å². The maximum Gasteiger partial charge on any atom is 0.230 e. The molecule has 2 nitrogen and oxygen atoms in total. The Bertz CT molecular complexity index is 344. The van der Waals surface area contributed by atoms with Crippen molar-refractivity contribution in [2.24, 2.45) is 5.92 Å². The van der Waals surface area contributed by atoms with Crippen LogP contribution in [0.25, 0.3) is 0 Å². The van der Waals surface area contributed by atoms with Gasteiger partial charge < -0.3 is 0 Å². The van der Waals surface area contributed by atoms with Gasteiger partial charge in [0.15, 0.2) is 0 Å². The van der Waals surface area contributed by atoms with Crippen LogP contribution in [-0.4, -0.2) is 11.6 Å². The monoisotopic (exact) mass is 131 g/mol. The van der Waals surface area contributed by atoms with E-state index < -0.39 is 0 Å². The Morgan fingerprint density at radius 3 is 2.60 bits per heavy atom. The quantitative estimate of drug-likeness (QED) is 0.347. The first-order valence-electron chi connectivity index (χ1n) is 3.25. The van der Waals surface area contributed by atoms with Crippen molar-refractivity contribution in [1.29, 1.82) is 0 Å². The molecule has 4 aliphatic rings. The number of ketones is 2. The molecular weight excluding hydrogens is 128 g/mol. The zero-order chi connectivity index (χ0) is 6.88. The predicted octanol–water partition coefficient (Wildman–Crippen LogP) is 0.198. The molecule has 0 spiro atoms. The number of allylic oxidation sites excluding steroid dienone is 4. The fourth-order valence-corrected chi connectivity index (χ4v) is 1.86. The number of carbonyl (C=O) groups is 2. The highest BCUT2D eigenvalue weighted by Gasteiger charge is 2.52. The third-order valence-electron chi connectivity index (χ3n) is 2.41. The maximum absolute atomic E-state index is 10.9. The Morgan fingerprint density at radius 2 is 2.10 bits per heavy atom. The van der Waals surface area contributed by atoms with E-state index in [0.29, 0.717) is 5.57 Å². The van der Waals surface area contributed by atoms with Crippen molar-refractivity contribution in [3.8, 4) is 0 Å². The highest BCUT2D eigenvalue weighted by Crippen LogP contribution is 2.52. The third-order valence-corrected chi connectivity index (χ3v) is 2.41. The van der Waals surface area contributed by atoms with Crippen LogP contribution in [0.1, 0.15) is 6.42 Å². The minimum atomic E-state index is -0.304. The summed E-state index contributed by atoms with van der Waals surface area (Å²) < 4.78 is 0. The van der Waals surface area contributed by atoms with Crippen LogP contribution < -0.4 is 0 Å². The summed E-state index contributed by atoms with van der Waals surface area (Å²) in [5, 5.41) is 0. The first kappa shape index (κ1) is 4.61. The molecule has 0 aromatic carbocycles. The van der Waals surface area contributed by atoms with E-state index in [9.17, 15) is 9.59 Å². The fraction of sp³-hybridized carbons (Fsp3) is 0.250. The van der Waals surface area contributed by atoms with Crippen molar-refractivity contribution >= 4 is 11.6 Å². The molecule has 0 saturated heterocycles. The van der Waals surface area contributed by atoms with Gasteiger partial charge in [-0.25, -0.2) is 0 Å². The van der Waals surface area contributed by atoms with Gasteiger partial charge in [-0.2, -0.15) is 0 Å². The molecule has 1 atom stereocenters. The van der Waals surface area contributed by atoms with Crippen LogP contribution in [0.2, 0.25) is 0 Å². The minimum Gasteiger partial charge on any atom is -0.285 e. The first-order chi connectivity index (χ1) is 4.79. The molecule has 0 aromatic heterocycles. The summed E-state index contributed by atoms with van der Waals surface area (Å²) in [5.74, 6) is -0.392. The molecule has 4 aliphatic carbocycles. The smallest absolute Gasteiger partial charge is 0.230 e. The van der Waals surface area contributed by atoms with Crippen LogP contribution in [0.5, 0.6) is 0 Å². The Kier molecular flexibility index (Phi) is 0.473. The molecule has 0 amide bonds. The standard InChI is InChI=1S/C8H3O2/c9-7-5-2-3-1-4(5)6(3)8(7)10/h4H,1H2. The van der Waals surface area contributed by atoms with E-state index in [1.54, 1.807) is 0 Å². The van der Waals surface area contributed by atoms with E-state index in [-0.39, 0.29) is 17.5 Å². The second-order valence-corrected chi connectivity index (χ2v) is 2.85. The van der Waals surface area contributed by atoms with E-state index in [1.807, 2.05) is 0 Å². The lowest BCUT2D eigenvalue weighted by Gasteiger charge is -2.16. The molecule has 1 unspecified atom stereocenters. The van der Waals surface area contributed by atoms with Crippen molar-refractivity contribution < 1.29 is 9.59 Å². The van der Waals surface area contributed by atoms with E-state index in [1.165, 1.54) is 0 Å². The number of carbonyl (C=O) groups excluding carboxylic acids is 2. The molecule has 0 aromatic rings. The lowest BCUT2D eigenvalue weighted by molar-refractivity contribution is -0.131. The van der Waals surface area contributed by atoms with E-state index in [4.69, 9.17) is 0 Å². The van der Waals surface area contributed by atoms with Crippen LogP contribution in [0.3, 0.4) is 0 Å². The third kappa shape index (κ3) is 0.243. The zero-order valence-corrected chi connectivity index (χ0v) is 5.10. The van der Waals surface area contributed by atoms with Crippen molar-refractivity contribution in [1.82, 2.24) is 0 Å². The SMILES string of the molecule is O=C1C(=O)C2=C3[C]=C1C2C3. The number of Topliss-reactive ketones (excluding diaryl/α,β-unsaturated/α-hetero) is 2. The van der Waals surface area contributed by atoms with E-state index >= 15 is 0 Å². The van der Waals surface area contributed by atoms with Gasteiger partial charge in [-0.05, 0) is 18.1 Å². The molecule has 0 heterocycles. The second-order valence-electron chi connectivity index (χ2n) is 2.85. The normalized spacial score (nSPS) is 33.2. The largest absolute Gasteiger partial charge is 0.285 e. The molecule has 1 fully saturated rings. The van der Waals surface area contributed by atoms with Crippen molar-refractivity contribution in [2.75, 3.05) is 0 Å².